The fourth-order valence-corrected chi connectivity index (χ4v) is 6.38. The summed E-state index contributed by atoms with van der Waals surface area (Å²) in [6.07, 6.45) is 7.41. The van der Waals surface area contributed by atoms with Crippen LogP contribution in [0.4, 0.5) is 0 Å². The summed E-state index contributed by atoms with van der Waals surface area (Å²) in [7, 11) is 0. The first kappa shape index (κ1) is 24.5. The van der Waals surface area contributed by atoms with Gasteiger partial charge in [0.25, 0.3) is 0 Å². The van der Waals surface area contributed by atoms with E-state index in [0.717, 1.165) is 66.0 Å². The third kappa shape index (κ3) is 3.83. The summed E-state index contributed by atoms with van der Waals surface area (Å²) in [6, 6.07) is 39.9. The van der Waals surface area contributed by atoms with Gasteiger partial charge in [-0.3, -0.25) is 9.97 Å². The molecule has 0 fully saturated rings. The number of fused-ring (bicyclic) bond motifs is 8. The third-order valence-corrected chi connectivity index (χ3v) is 8.41. The summed E-state index contributed by atoms with van der Waals surface area (Å²) in [6.45, 7) is 0. The van der Waals surface area contributed by atoms with Crippen LogP contribution in [0.25, 0.3) is 88.0 Å². The van der Waals surface area contributed by atoms with E-state index in [9.17, 15) is 0 Å². The van der Waals surface area contributed by atoms with Gasteiger partial charge < -0.3 is 0 Å². The molecule has 4 aromatic heterocycles. The summed E-state index contributed by atoms with van der Waals surface area (Å²) >= 11 is 0. The Hall–Kier alpha value is -6.07. The SMILES string of the molecule is c1cc(-c2ncc(-c3cc4cccnc4c4ncccc34)cn2)cc(-c2nc3ccccc3c3c2ccc2ccccc23)c1. The molecule has 9 rings (SSSR count). The number of benzene rings is 5. The minimum Gasteiger partial charge on any atom is -0.254 e. The molecule has 44 heavy (non-hydrogen) atoms. The van der Waals surface area contributed by atoms with E-state index in [-0.39, 0.29) is 0 Å². The van der Waals surface area contributed by atoms with Crippen LogP contribution < -0.4 is 0 Å². The molecule has 0 saturated heterocycles. The molecule has 0 saturated carbocycles. The van der Waals surface area contributed by atoms with Crippen molar-refractivity contribution in [2.24, 2.45) is 0 Å². The average molecular weight is 562 g/mol. The van der Waals surface area contributed by atoms with Gasteiger partial charge in [0.05, 0.1) is 22.2 Å². The maximum absolute atomic E-state index is 5.17. The highest BCUT2D eigenvalue weighted by Crippen LogP contribution is 2.38. The minimum atomic E-state index is 0.663. The average Bonchev–Trinajstić information content (AvgIpc) is 3.11. The Balaban J connectivity index is 1.17. The lowest BCUT2D eigenvalue weighted by Gasteiger charge is -2.13. The van der Waals surface area contributed by atoms with Gasteiger partial charge in [0.2, 0.25) is 0 Å². The monoisotopic (exact) mass is 561 g/mol. The van der Waals surface area contributed by atoms with Crippen molar-refractivity contribution < 1.29 is 0 Å². The molecule has 0 unspecified atom stereocenters. The normalized spacial score (nSPS) is 11.6. The van der Waals surface area contributed by atoms with Gasteiger partial charge in [0.1, 0.15) is 0 Å². The molecule has 0 spiro atoms. The zero-order chi connectivity index (χ0) is 29.0. The van der Waals surface area contributed by atoms with Gasteiger partial charge in [0.15, 0.2) is 5.82 Å². The number of para-hydroxylation sites is 1. The molecule has 0 aliphatic heterocycles. The molecule has 0 bridgehead atoms. The maximum atomic E-state index is 5.17. The molecule has 0 aliphatic rings. The highest BCUT2D eigenvalue weighted by atomic mass is 14.9. The summed E-state index contributed by atoms with van der Waals surface area (Å²) in [5.41, 5.74) is 7.63. The van der Waals surface area contributed by atoms with Crippen LogP contribution in [-0.2, 0) is 0 Å². The Bertz CT molecular complexity index is 2540. The van der Waals surface area contributed by atoms with E-state index >= 15 is 0 Å². The molecule has 0 aliphatic carbocycles. The van der Waals surface area contributed by atoms with Gasteiger partial charge in [-0.1, -0.05) is 84.9 Å². The van der Waals surface area contributed by atoms with Crippen molar-refractivity contribution in [2.75, 3.05) is 0 Å². The van der Waals surface area contributed by atoms with E-state index in [1.807, 2.05) is 36.8 Å². The fraction of sp³-hybridized carbons (Fsp3) is 0. The van der Waals surface area contributed by atoms with Crippen LogP contribution in [0.15, 0.2) is 140 Å². The minimum absolute atomic E-state index is 0.663. The van der Waals surface area contributed by atoms with Crippen LogP contribution in [0, 0.1) is 0 Å². The molecule has 0 amide bonds. The lowest BCUT2D eigenvalue weighted by Crippen LogP contribution is -1.94. The molecule has 9 aromatic rings. The van der Waals surface area contributed by atoms with Gasteiger partial charge in [-0.2, -0.15) is 0 Å². The van der Waals surface area contributed by atoms with Crippen molar-refractivity contribution in [1.82, 2.24) is 24.9 Å². The van der Waals surface area contributed by atoms with E-state index < -0.39 is 0 Å². The van der Waals surface area contributed by atoms with Crippen LogP contribution in [0.1, 0.15) is 0 Å². The fourth-order valence-electron chi connectivity index (χ4n) is 6.38. The Morgan fingerprint density at radius 3 is 2.07 bits per heavy atom. The molecular weight excluding hydrogens is 538 g/mol. The lowest BCUT2D eigenvalue weighted by molar-refractivity contribution is 1.18. The second-order valence-corrected chi connectivity index (χ2v) is 11.0. The first-order valence-corrected chi connectivity index (χ1v) is 14.6. The molecule has 5 aromatic carbocycles. The zero-order valence-corrected chi connectivity index (χ0v) is 23.5. The van der Waals surface area contributed by atoms with E-state index in [1.165, 1.54) is 16.2 Å². The second kappa shape index (κ2) is 9.75. The molecule has 0 radical (unpaired) electrons. The first-order valence-electron chi connectivity index (χ1n) is 14.6. The van der Waals surface area contributed by atoms with Crippen molar-refractivity contribution in [3.63, 3.8) is 0 Å². The Morgan fingerprint density at radius 2 is 1.16 bits per heavy atom. The van der Waals surface area contributed by atoms with Crippen LogP contribution in [-0.4, -0.2) is 24.9 Å². The highest BCUT2D eigenvalue weighted by Gasteiger charge is 2.15. The Kier molecular flexibility index (Phi) is 5.43. The van der Waals surface area contributed by atoms with Crippen LogP contribution in [0.3, 0.4) is 0 Å². The quantitative estimate of drug-likeness (QED) is 0.201. The molecule has 0 N–H and O–H groups in total. The summed E-state index contributed by atoms with van der Waals surface area (Å²) in [5.74, 6) is 0.663. The molecule has 204 valence electrons. The second-order valence-electron chi connectivity index (χ2n) is 11.0. The maximum Gasteiger partial charge on any atom is 0.159 e. The van der Waals surface area contributed by atoms with E-state index in [2.05, 4.69) is 107 Å². The number of hydrogen-bond donors (Lipinski definition) is 0. The number of nitrogens with zero attached hydrogens (tertiary/aromatic N) is 5. The number of aromatic nitrogens is 5. The Labute approximate surface area is 252 Å². The number of hydrogen-bond acceptors (Lipinski definition) is 5. The summed E-state index contributed by atoms with van der Waals surface area (Å²) in [4.78, 5) is 24.1. The summed E-state index contributed by atoms with van der Waals surface area (Å²) < 4.78 is 0. The number of rotatable bonds is 3. The van der Waals surface area contributed by atoms with E-state index in [4.69, 9.17) is 15.0 Å². The van der Waals surface area contributed by atoms with Crippen molar-refractivity contribution in [2.45, 2.75) is 0 Å². The molecule has 0 atom stereocenters. The topological polar surface area (TPSA) is 64.5 Å². The van der Waals surface area contributed by atoms with Crippen LogP contribution >= 0.6 is 0 Å². The third-order valence-electron chi connectivity index (χ3n) is 8.41. The predicted octanol–water partition coefficient (Wildman–Crippen LogP) is 9.43. The lowest BCUT2D eigenvalue weighted by atomic mass is 9.95. The van der Waals surface area contributed by atoms with Crippen molar-refractivity contribution in [1.29, 1.82) is 0 Å². The van der Waals surface area contributed by atoms with Gasteiger partial charge in [-0.15, -0.1) is 0 Å². The largest absolute Gasteiger partial charge is 0.254 e. The van der Waals surface area contributed by atoms with Gasteiger partial charge in [-0.25, -0.2) is 15.0 Å². The van der Waals surface area contributed by atoms with Gasteiger partial charge >= 0.3 is 0 Å². The van der Waals surface area contributed by atoms with Crippen LogP contribution in [0.2, 0.25) is 0 Å². The zero-order valence-electron chi connectivity index (χ0n) is 23.5. The Morgan fingerprint density at radius 1 is 0.432 bits per heavy atom. The van der Waals surface area contributed by atoms with Crippen molar-refractivity contribution in [3.05, 3.63) is 140 Å². The van der Waals surface area contributed by atoms with Gasteiger partial charge in [-0.05, 0) is 46.7 Å². The predicted molar refractivity (Wildman–Crippen MR) is 179 cm³/mol. The van der Waals surface area contributed by atoms with E-state index in [1.54, 1.807) is 6.20 Å². The van der Waals surface area contributed by atoms with E-state index in [0.29, 0.717) is 5.82 Å². The smallest absolute Gasteiger partial charge is 0.159 e. The summed E-state index contributed by atoms with van der Waals surface area (Å²) in [5, 5.41) is 8.02. The van der Waals surface area contributed by atoms with Crippen LogP contribution in [0.5, 0.6) is 0 Å². The standard InChI is InChI=1S/C39H23N5/c1-2-12-29-24(8-1)16-17-32-35(29)31-13-3-4-15-34(31)44-36(32)25-9-5-10-27(20-25)39-42-22-28(23-43-39)33-21-26-11-6-18-40-37(26)38-30(33)14-7-19-41-38/h1-23H. The highest BCUT2D eigenvalue weighted by molar-refractivity contribution is 6.22. The number of pyridine rings is 3. The first-order chi connectivity index (χ1) is 21.8. The van der Waals surface area contributed by atoms with Crippen molar-refractivity contribution >= 4 is 54.3 Å². The molecular formula is C39H23N5. The van der Waals surface area contributed by atoms with Crippen molar-refractivity contribution in [3.8, 4) is 33.8 Å². The van der Waals surface area contributed by atoms with Gasteiger partial charge in [0, 0.05) is 68.4 Å². The molecule has 4 heterocycles. The molecule has 5 heteroatoms. The molecule has 5 nitrogen and oxygen atoms in total.